The molecule has 2 N–H and O–H groups in total. The second-order valence-electron chi connectivity index (χ2n) is 3.35. The van der Waals surface area contributed by atoms with E-state index < -0.39 is 0 Å². The minimum atomic E-state index is 0.546. The van der Waals surface area contributed by atoms with Crippen molar-refractivity contribution in [2.75, 3.05) is 5.73 Å². The number of hydrogen-bond donors (Lipinski definition) is 1. The number of anilines is 1. The van der Waals surface area contributed by atoms with E-state index >= 15 is 0 Å². The summed E-state index contributed by atoms with van der Waals surface area (Å²) in [5.41, 5.74) is 7.03. The number of hydrogen-bond acceptors (Lipinski definition) is 4. The first-order chi connectivity index (χ1) is 6.36. The van der Waals surface area contributed by atoms with Gasteiger partial charge in [0.15, 0.2) is 5.82 Å². The van der Waals surface area contributed by atoms with Gasteiger partial charge in [0, 0.05) is 5.92 Å². The van der Waals surface area contributed by atoms with E-state index in [2.05, 4.69) is 15.3 Å². The quantitative estimate of drug-likeness (QED) is 0.688. The first kappa shape index (κ1) is 6.82. The lowest BCUT2D eigenvalue weighted by molar-refractivity contribution is 0.815. The maximum atomic E-state index is 5.73. The third-order valence-corrected chi connectivity index (χ3v) is 2.30. The minimum Gasteiger partial charge on any atom is -0.396 e. The molecule has 0 amide bonds. The van der Waals surface area contributed by atoms with Crippen LogP contribution in [0.3, 0.4) is 0 Å². The van der Waals surface area contributed by atoms with Gasteiger partial charge in [0.1, 0.15) is 0 Å². The van der Waals surface area contributed by atoms with Gasteiger partial charge in [-0.2, -0.15) is 9.61 Å². The Balaban J connectivity index is 2.32. The normalized spacial score (nSPS) is 16.6. The summed E-state index contributed by atoms with van der Waals surface area (Å²) in [6.07, 6.45) is 4.06. The molecule has 2 aromatic heterocycles. The number of nitrogens with zero attached hydrogens (tertiary/aromatic N) is 4. The maximum absolute atomic E-state index is 5.73. The zero-order chi connectivity index (χ0) is 8.84. The second kappa shape index (κ2) is 2.18. The highest BCUT2D eigenvalue weighted by molar-refractivity contribution is 5.62. The van der Waals surface area contributed by atoms with Crippen molar-refractivity contribution in [2.45, 2.75) is 18.8 Å². The average molecular weight is 175 g/mol. The fourth-order valence-corrected chi connectivity index (χ4v) is 1.44. The molecule has 0 spiro atoms. The van der Waals surface area contributed by atoms with Gasteiger partial charge in [-0.05, 0) is 18.9 Å². The summed E-state index contributed by atoms with van der Waals surface area (Å²) in [4.78, 5) is 0. The van der Waals surface area contributed by atoms with Crippen molar-refractivity contribution < 1.29 is 0 Å². The zero-order valence-electron chi connectivity index (χ0n) is 7.01. The molecular formula is C8H9N5. The molecule has 66 valence electrons. The van der Waals surface area contributed by atoms with Crippen LogP contribution in [-0.2, 0) is 0 Å². The molecule has 13 heavy (non-hydrogen) atoms. The van der Waals surface area contributed by atoms with E-state index in [1.54, 1.807) is 16.8 Å². The highest BCUT2D eigenvalue weighted by atomic mass is 15.4. The van der Waals surface area contributed by atoms with Gasteiger partial charge in [-0.25, -0.2) is 0 Å². The molecule has 0 bridgehead atoms. The van der Waals surface area contributed by atoms with Gasteiger partial charge in [-0.1, -0.05) is 0 Å². The van der Waals surface area contributed by atoms with Gasteiger partial charge >= 0.3 is 0 Å². The largest absolute Gasteiger partial charge is 0.396 e. The van der Waals surface area contributed by atoms with Gasteiger partial charge in [-0.15, -0.1) is 10.2 Å². The van der Waals surface area contributed by atoms with Crippen molar-refractivity contribution >= 4 is 11.3 Å². The van der Waals surface area contributed by atoms with Crippen molar-refractivity contribution in [2.24, 2.45) is 0 Å². The van der Waals surface area contributed by atoms with Crippen molar-refractivity contribution in [3.63, 3.8) is 0 Å². The maximum Gasteiger partial charge on any atom is 0.200 e. The summed E-state index contributed by atoms with van der Waals surface area (Å²) in [6, 6.07) is 1.74. The fourth-order valence-electron chi connectivity index (χ4n) is 1.44. The van der Waals surface area contributed by atoms with Crippen LogP contribution in [-0.4, -0.2) is 19.8 Å². The highest BCUT2D eigenvalue weighted by Crippen LogP contribution is 2.38. The van der Waals surface area contributed by atoms with Gasteiger partial charge < -0.3 is 5.73 Å². The van der Waals surface area contributed by atoms with Gasteiger partial charge in [0.2, 0.25) is 5.65 Å². The smallest absolute Gasteiger partial charge is 0.200 e. The van der Waals surface area contributed by atoms with Crippen molar-refractivity contribution in [1.82, 2.24) is 19.8 Å². The summed E-state index contributed by atoms with van der Waals surface area (Å²) in [6.45, 7) is 0. The molecule has 1 fully saturated rings. The van der Waals surface area contributed by atoms with Crippen LogP contribution in [0.15, 0.2) is 12.3 Å². The lowest BCUT2D eigenvalue weighted by Crippen LogP contribution is -1.99. The van der Waals surface area contributed by atoms with Crippen LogP contribution < -0.4 is 5.73 Å². The number of rotatable bonds is 1. The molecule has 1 saturated carbocycles. The summed E-state index contributed by atoms with van der Waals surface area (Å²) in [5, 5.41) is 12.3. The first-order valence-corrected chi connectivity index (χ1v) is 4.32. The lowest BCUT2D eigenvalue weighted by atomic mass is 10.4. The molecule has 0 aliphatic heterocycles. The third-order valence-electron chi connectivity index (χ3n) is 2.30. The summed E-state index contributed by atoms with van der Waals surface area (Å²) >= 11 is 0. The van der Waals surface area contributed by atoms with Crippen LogP contribution in [0, 0.1) is 0 Å². The molecule has 2 heterocycles. The Morgan fingerprint density at radius 2 is 2.23 bits per heavy atom. The molecule has 2 aromatic rings. The Labute approximate surface area is 74.6 Å². The summed E-state index contributed by atoms with van der Waals surface area (Å²) in [5.74, 6) is 1.49. The molecule has 3 rings (SSSR count). The molecule has 0 radical (unpaired) electrons. The van der Waals surface area contributed by atoms with Crippen LogP contribution in [0.2, 0.25) is 0 Å². The number of nitrogen functional groups attached to an aromatic ring is 1. The van der Waals surface area contributed by atoms with Gasteiger partial charge in [0.25, 0.3) is 0 Å². The Bertz CT molecular complexity index is 457. The SMILES string of the molecule is Nc1ccnn2c(C3CC3)nnc12. The van der Waals surface area contributed by atoms with Crippen LogP contribution in [0.5, 0.6) is 0 Å². The van der Waals surface area contributed by atoms with Crippen molar-refractivity contribution in [3.05, 3.63) is 18.1 Å². The van der Waals surface area contributed by atoms with Crippen LogP contribution in [0.25, 0.3) is 5.65 Å². The Hall–Kier alpha value is -1.65. The molecule has 0 aromatic carbocycles. The Morgan fingerprint density at radius 3 is 3.00 bits per heavy atom. The minimum absolute atomic E-state index is 0.546. The van der Waals surface area contributed by atoms with E-state index in [0.29, 0.717) is 17.3 Å². The van der Waals surface area contributed by atoms with E-state index in [1.165, 1.54) is 12.8 Å². The van der Waals surface area contributed by atoms with Crippen LogP contribution in [0.1, 0.15) is 24.6 Å². The lowest BCUT2D eigenvalue weighted by Gasteiger charge is -1.96. The Morgan fingerprint density at radius 1 is 1.38 bits per heavy atom. The second-order valence-corrected chi connectivity index (χ2v) is 3.35. The van der Waals surface area contributed by atoms with E-state index in [9.17, 15) is 0 Å². The monoisotopic (exact) mass is 175 g/mol. The zero-order valence-corrected chi connectivity index (χ0v) is 7.01. The van der Waals surface area contributed by atoms with Crippen molar-refractivity contribution in [1.29, 1.82) is 0 Å². The molecule has 5 heteroatoms. The fraction of sp³-hybridized carbons (Fsp3) is 0.375. The molecule has 5 nitrogen and oxygen atoms in total. The topological polar surface area (TPSA) is 69.1 Å². The summed E-state index contributed by atoms with van der Waals surface area (Å²) in [7, 11) is 0. The molecule has 0 unspecified atom stereocenters. The predicted molar refractivity (Wildman–Crippen MR) is 47.2 cm³/mol. The van der Waals surface area contributed by atoms with E-state index in [0.717, 1.165) is 5.82 Å². The average Bonchev–Trinajstić information content (AvgIpc) is 2.87. The number of fused-ring (bicyclic) bond motifs is 1. The van der Waals surface area contributed by atoms with E-state index in [4.69, 9.17) is 5.73 Å². The first-order valence-electron chi connectivity index (χ1n) is 4.32. The van der Waals surface area contributed by atoms with E-state index in [1.807, 2.05) is 0 Å². The summed E-state index contributed by atoms with van der Waals surface area (Å²) < 4.78 is 1.74. The molecular weight excluding hydrogens is 166 g/mol. The van der Waals surface area contributed by atoms with Crippen molar-refractivity contribution in [3.8, 4) is 0 Å². The van der Waals surface area contributed by atoms with Gasteiger partial charge in [-0.3, -0.25) is 0 Å². The third kappa shape index (κ3) is 0.898. The predicted octanol–water partition coefficient (Wildman–Crippen LogP) is 0.584. The standard InChI is InChI=1S/C8H9N5/c9-6-3-4-10-13-7(5-1-2-5)11-12-8(6)13/h3-5H,1-2,9H2. The van der Waals surface area contributed by atoms with Crippen LogP contribution in [0.4, 0.5) is 5.69 Å². The number of nitrogens with two attached hydrogens (primary N) is 1. The number of aromatic nitrogens is 4. The van der Waals surface area contributed by atoms with Gasteiger partial charge in [0.05, 0.1) is 11.9 Å². The Kier molecular flexibility index (Phi) is 1.15. The molecule has 1 aliphatic rings. The molecule has 0 saturated heterocycles. The van der Waals surface area contributed by atoms with Crippen LogP contribution >= 0.6 is 0 Å². The van der Waals surface area contributed by atoms with E-state index in [-0.39, 0.29) is 0 Å². The highest BCUT2D eigenvalue weighted by Gasteiger charge is 2.29. The molecule has 1 aliphatic carbocycles. The molecule has 0 atom stereocenters.